The number of benzene rings is 1. The Balaban J connectivity index is 1.69. The Bertz CT molecular complexity index is 771. The zero-order valence-corrected chi connectivity index (χ0v) is 13.4. The minimum Gasteiger partial charge on any atom is -0.482 e. The SMILES string of the molecule is CCC(Nc1ccc2c(c1)NC(=O)CO2)C(=O)Nc1cc(C)on1. The minimum absolute atomic E-state index is 0.0108. The molecule has 1 aromatic carbocycles. The lowest BCUT2D eigenvalue weighted by molar-refractivity contribution is -0.119. The molecule has 24 heavy (non-hydrogen) atoms. The van der Waals surface area contributed by atoms with Gasteiger partial charge < -0.3 is 25.2 Å². The number of rotatable bonds is 5. The number of aromatic nitrogens is 1. The van der Waals surface area contributed by atoms with E-state index in [9.17, 15) is 9.59 Å². The first-order valence-electron chi connectivity index (χ1n) is 7.62. The van der Waals surface area contributed by atoms with Crippen molar-refractivity contribution in [2.75, 3.05) is 22.6 Å². The van der Waals surface area contributed by atoms with Gasteiger partial charge in [-0.2, -0.15) is 0 Å². The predicted molar refractivity (Wildman–Crippen MR) is 88.1 cm³/mol. The number of anilines is 3. The molecule has 0 radical (unpaired) electrons. The summed E-state index contributed by atoms with van der Waals surface area (Å²) in [4.78, 5) is 23.7. The normalized spacial score (nSPS) is 14.2. The second kappa shape index (κ2) is 6.61. The second-order valence-electron chi connectivity index (χ2n) is 5.47. The van der Waals surface area contributed by atoms with Crippen LogP contribution in [0.4, 0.5) is 17.2 Å². The van der Waals surface area contributed by atoms with Gasteiger partial charge >= 0.3 is 0 Å². The Morgan fingerprint density at radius 3 is 2.96 bits per heavy atom. The number of ether oxygens (including phenoxy) is 1. The van der Waals surface area contributed by atoms with Crippen LogP contribution in [-0.4, -0.2) is 29.6 Å². The molecule has 1 unspecified atom stereocenters. The van der Waals surface area contributed by atoms with Crippen molar-refractivity contribution in [3.63, 3.8) is 0 Å². The largest absolute Gasteiger partial charge is 0.482 e. The maximum absolute atomic E-state index is 12.3. The molecule has 1 atom stereocenters. The highest BCUT2D eigenvalue weighted by molar-refractivity contribution is 5.97. The summed E-state index contributed by atoms with van der Waals surface area (Å²) in [6.07, 6.45) is 0.572. The van der Waals surface area contributed by atoms with Gasteiger partial charge in [0.15, 0.2) is 12.4 Å². The number of hydrogen-bond donors (Lipinski definition) is 3. The van der Waals surface area contributed by atoms with E-state index < -0.39 is 6.04 Å². The highest BCUT2D eigenvalue weighted by Crippen LogP contribution is 2.30. The van der Waals surface area contributed by atoms with Gasteiger partial charge in [-0.1, -0.05) is 12.1 Å². The summed E-state index contributed by atoms with van der Waals surface area (Å²) in [5.41, 5.74) is 1.29. The van der Waals surface area contributed by atoms with Crippen LogP contribution in [0.3, 0.4) is 0 Å². The highest BCUT2D eigenvalue weighted by Gasteiger charge is 2.20. The van der Waals surface area contributed by atoms with Crippen molar-refractivity contribution in [2.45, 2.75) is 26.3 Å². The van der Waals surface area contributed by atoms with E-state index in [4.69, 9.17) is 9.26 Å². The molecule has 0 bridgehead atoms. The zero-order chi connectivity index (χ0) is 17.1. The number of amides is 2. The van der Waals surface area contributed by atoms with E-state index in [-0.39, 0.29) is 18.4 Å². The Hall–Kier alpha value is -3.03. The summed E-state index contributed by atoms with van der Waals surface area (Å²) in [6.45, 7) is 3.66. The van der Waals surface area contributed by atoms with Crippen LogP contribution in [0.5, 0.6) is 5.75 Å². The number of aryl methyl sites for hydroxylation is 1. The number of carbonyl (C=O) groups is 2. The lowest BCUT2D eigenvalue weighted by Gasteiger charge is -2.21. The molecule has 0 spiro atoms. The van der Waals surface area contributed by atoms with Crippen LogP contribution in [0, 0.1) is 6.92 Å². The molecule has 3 N–H and O–H groups in total. The second-order valence-corrected chi connectivity index (χ2v) is 5.47. The maximum atomic E-state index is 12.3. The molecule has 0 saturated carbocycles. The third kappa shape index (κ3) is 3.48. The third-order valence-electron chi connectivity index (χ3n) is 3.56. The summed E-state index contributed by atoms with van der Waals surface area (Å²) in [5.74, 6) is 1.19. The molecule has 1 aliphatic heterocycles. The fourth-order valence-electron chi connectivity index (χ4n) is 2.37. The van der Waals surface area contributed by atoms with Crippen LogP contribution in [0.2, 0.25) is 0 Å². The van der Waals surface area contributed by atoms with Gasteiger partial charge in [0.05, 0.1) is 5.69 Å². The van der Waals surface area contributed by atoms with Crippen molar-refractivity contribution in [2.24, 2.45) is 0 Å². The average Bonchev–Trinajstić information content (AvgIpc) is 2.97. The van der Waals surface area contributed by atoms with Crippen molar-refractivity contribution in [3.8, 4) is 5.75 Å². The van der Waals surface area contributed by atoms with E-state index in [1.165, 1.54) is 0 Å². The Kier molecular flexibility index (Phi) is 4.37. The first kappa shape index (κ1) is 15.9. The summed E-state index contributed by atoms with van der Waals surface area (Å²) < 4.78 is 10.2. The van der Waals surface area contributed by atoms with Gasteiger partial charge in [0.25, 0.3) is 5.91 Å². The van der Waals surface area contributed by atoms with Crippen molar-refractivity contribution in [1.82, 2.24) is 5.16 Å². The van der Waals surface area contributed by atoms with Gasteiger partial charge in [-0.15, -0.1) is 0 Å². The van der Waals surface area contributed by atoms with Crippen molar-refractivity contribution < 1.29 is 18.8 Å². The molecule has 8 heteroatoms. The molecule has 2 heterocycles. The van der Waals surface area contributed by atoms with Crippen LogP contribution in [0.1, 0.15) is 19.1 Å². The van der Waals surface area contributed by atoms with Crippen LogP contribution in [0.15, 0.2) is 28.8 Å². The fourth-order valence-corrected chi connectivity index (χ4v) is 2.37. The van der Waals surface area contributed by atoms with Gasteiger partial charge in [-0.3, -0.25) is 9.59 Å². The van der Waals surface area contributed by atoms with Gasteiger partial charge in [-0.25, -0.2) is 0 Å². The van der Waals surface area contributed by atoms with Crippen molar-refractivity contribution in [1.29, 1.82) is 0 Å². The Morgan fingerprint density at radius 2 is 2.25 bits per heavy atom. The fraction of sp³-hybridized carbons (Fsp3) is 0.312. The summed E-state index contributed by atoms with van der Waals surface area (Å²) in [6, 6.07) is 6.48. The van der Waals surface area contributed by atoms with Crippen LogP contribution in [-0.2, 0) is 9.59 Å². The first-order chi connectivity index (χ1) is 11.5. The topological polar surface area (TPSA) is 105 Å². The molecule has 126 valence electrons. The predicted octanol–water partition coefficient (Wildman–Crippen LogP) is 2.14. The number of carbonyl (C=O) groups excluding carboxylic acids is 2. The molecule has 0 aliphatic carbocycles. The number of fused-ring (bicyclic) bond motifs is 1. The monoisotopic (exact) mass is 330 g/mol. The molecule has 8 nitrogen and oxygen atoms in total. The summed E-state index contributed by atoms with van der Waals surface area (Å²) >= 11 is 0. The standard InChI is InChI=1S/C16H18N4O4/c1-3-11(16(22)19-14-6-9(2)24-20-14)17-10-4-5-13-12(7-10)18-15(21)8-23-13/h4-7,11,17H,3,8H2,1-2H3,(H,18,21)(H,19,20,22). The van der Waals surface area contributed by atoms with Gasteiger partial charge in [-0.05, 0) is 31.5 Å². The minimum atomic E-state index is -0.458. The van der Waals surface area contributed by atoms with E-state index in [1.807, 2.05) is 6.92 Å². The molecule has 1 aromatic heterocycles. The molecular weight excluding hydrogens is 312 g/mol. The van der Waals surface area contributed by atoms with Crippen LogP contribution < -0.4 is 20.7 Å². The number of nitrogens with one attached hydrogen (secondary N) is 3. The molecule has 3 rings (SSSR count). The molecule has 2 amide bonds. The molecular formula is C16H18N4O4. The first-order valence-corrected chi connectivity index (χ1v) is 7.62. The molecule has 0 saturated heterocycles. The maximum Gasteiger partial charge on any atom is 0.262 e. The van der Waals surface area contributed by atoms with E-state index in [2.05, 4.69) is 21.1 Å². The van der Waals surface area contributed by atoms with Gasteiger partial charge in [0, 0.05) is 11.8 Å². The van der Waals surface area contributed by atoms with E-state index >= 15 is 0 Å². The van der Waals surface area contributed by atoms with E-state index in [1.54, 1.807) is 31.2 Å². The number of nitrogens with zero attached hydrogens (tertiary/aromatic N) is 1. The van der Waals surface area contributed by atoms with Gasteiger partial charge in [0.2, 0.25) is 5.91 Å². The average molecular weight is 330 g/mol. The lowest BCUT2D eigenvalue weighted by Crippen LogP contribution is -2.34. The van der Waals surface area contributed by atoms with Crippen LogP contribution >= 0.6 is 0 Å². The molecule has 2 aromatic rings. The molecule has 0 fully saturated rings. The number of hydrogen-bond acceptors (Lipinski definition) is 6. The van der Waals surface area contributed by atoms with E-state index in [0.717, 1.165) is 0 Å². The van der Waals surface area contributed by atoms with Crippen LogP contribution in [0.25, 0.3) is 0 Å². The summed E-state index contributed by atoms with van der Waals surface area (Å²) in [7, 11) is 0. The van der Waals surface area contributed by atoms with Crippen molar-refractivity contribution in [3.05, 3.63) is 30.0 Å². The highest BCUT2D eigenvalue weighted by atomic mass is 16.5. The smallest absolute Gasteiger partial charge is 0.262 e. The Labute approximate surface area is 138 Å². The lowest BCUT2D eigenvalue weighted by atomic mass is 10.1. The Morgan fingerprint density at radius 1 is 1.42 bits per heavy atom. The third-order valence-corrected chi connectivity index (χ3v) is 3.56. The summed E-state index contributed by atoms with van der Waals surface area (Å²) in [5, 5.41) is 12.3. The zero-order valence-electron chi connectivity index (χ0n) is 13.4. The van der Waals surface area contributed by atoms with Crippen molar-refractivity contribution >= 4 is 29.0 Å². The molecule has 1 aliphatic rings. The van der Waals surface area contributed by atoms with Gasteiger partial charge in [0.1, 0.15) is 17.6 Å². The quantitative estimate of drug-likeness (QED) is 0.776. The van der Waals surface area contributed by atoms with E-state index in [0.29, 0.717) is 35.1 Å².